The van der Waals surface area contributed by atoms with Crippen molar-refractivity contribution in [2.45, 2.75) is 38.6 Å². The van der Waals surface area contributed by atoms with E-state index in [1.54, 1.807) is 7.11 Å². The van der Waals surface area contributed by atoms with E-state index in [-0.39, 0.29) is 11.7 Å². The van der Waals surface area contributed by atoms with Crippen molar-refractivity contribution in [1.82, 2.24) is 4.90 Å². The Bertz CT molecular complexity index is 296. The average Bonchev–Trinajstić information content (AvgIpc) is 2.36. The van der Waals surface area contributed by atoms with Gasteiger partial charge in [0.25, 0.3) is 0 Å². The van der Waals surface area contributed by atoms with E-state index in [0.717, 1.165) is 6.42 Å². The highest BCUT2D eigenvalue weighted by molar-refractivity contribution is 7.85. The van der Waals surface area contributed by atoms with E-state index >= 15 is 0 Å². The van der Waals surface area contributed by atoms with E-state index in [1.807, 2.05) is 11.9 Å². The van der Waals surface area contributed by atoms with Gasteiger partial charge in [0.15, 0.2) is 0 Å². The first-order valence-electron chi connectivity index (χ1n) is 6.65. The molecule has 1 saturated carbocycles. The Labute approximate surface area is 113 Å². The molecule has 0 heterocycles. The van der Waals surface area contributed by atoms with Gasteiger partial charge in [0, 0.05) is 36.8 Å². The van der Waals surface area contributed by atoms with Gasteiger partial charge in [-0.1, -0.05) is 19.8 Å². The van der Waals surface area contributed by atoms with Crippen molar-refractivity contribution < 1.29 is 13.7 Å². The molecule has 1 amide bonds. The predicted molar refractivity (Wildman–Crippen MR) is 73.9 cm³/mol. The van der Waals surface area contributed by atoms with Crippen molar-refractivity contribution in [3.63, 3.8) is 0 Å². The van der Waals surface area contributed by atoms with Gasteiger partial charge in [0.05, 0.1) is 6.61 Å². The van der Waals surface area contributed by atoms with Crippen molar-refractivity contribution in [1.29, 1.82) is 0 Å². The summed E-state index contributed by atoms with van der Waals surface area (Å²) in [5.41, 5.74) is 0. The van der Waals surface area contributed by atoms with Crippen LogP contribution in [-0.4, -0.2) is 53.3 Å². The molecule has 0 saturated heterocycles. The summed E-state index contributed by atoms with van der Waals surface area (Å²) < 4.78 is 16.5. The van der Waals surface area contributed by atoms with E-state index in [2.05, 4.69) is 6.92 Å². The first-order valence-corrected chi connectivity index (χ1v) is 8.14. The van der Waals surface area contributed by atoms with Gasteiger partial charge < -0.3 is 9.64 Å². The highest BCUT2D eigenvalue weighted by Crippen LogP contribution is 2.27. The number of amides is 1. The molecule has 0 bridgehead atoms. The topological polar surface area (TPSA) is 46.6 Å². The molecule has 106 valence electrons. The molecule has 1 rings (SSSR count). The molecule has 1 aliphatic carbocycles. The minimum atomic E-state index is -1.10. The molecule has 0 aromatic carbocycles. The lowest BCUT2D eigenvalue weighted by molar-refractivity contribution is -0.130. The number of carbonyl (C=O) groups is 1. The minimum Gasteiger partial charge on any atom is -0.384 e. The fourth-order valence-electron chi connectivity index (χ4n) is 2.54. The van der Waals surface area contributed by atoms with Gasteiger partial charge in [0.1, 0.15) is 5.75 Å². The van der Waals surface area contributed by atoms with E-state index in [0.29, 0.717) is 24.3 Å². The predicted octanol–water partition coefficient (Wildman–Crippen LogP) is 1.42. The number of methoxy groups -OCH3 is 1. The molecule has 0 unspecified atom stereocenters. The highest BCUT2D eigenvalue weighted by Gasteiger charge is 2.28. The number of nitrogens with zero attached hydrogens (tertiary/aromatic N) is 1. The largest absolute Gasteiger partial charge is 0.384 e. The van der Waals surface area contributed by atoms with E-state index in [9.17, 15) is 9.00 Å². The van der Waals surface area contributed by atoms with Gasteiger partial charge >= 0.3 is 0 Å². The summed E-state index contributed by atoms with van der Waals surface area (Å²) in [5.74, 6) is 1.13. The summed E-state index contributed by atoms with van der Waals surface area (Å²) in [6.07, 6.45) is 4.72. The number of ether oxygens (including phenoxy) is 1. The van der Waals surface area contributed by atoms with Crippen molar-refractivity contribution in [2.24, 2.45) is 5.92 Å². The Balaban J connectivity index is 2.42. The van der Waals surface area contributed by atoms with Gasteiger partial charge in [-0.25, -0.2) is 0 Å². The van der Waals surface area contributed by atoms with Gasteiger partial charge in [0.2, 0.25) is 5.91 Å². The van der Waals surface area contributed by atoms with Crippen LogP contribution in [0.25, 0.3) is 0 Å². The summed E-state index contributed by atoms with van der Waals surface area (Å²) in [7, 11) is 2.33. The van der Waals surface area contributed by atoms with Crippen molar-refractivity contribution in [2.75, 3.05) is 32.3 Å². The first kappa shape index (κ1) is 15.6. The van der Waals surface area contributed by atoms with Crippen LogP contribution in [0.5, 0.6) is 0 Å². The van der Waals surface area contributed by atoms with E-state index in [4.69, 9.17) is 4.74 Å². The fraction of sp³-hybridized carbons (Fsp3) is 0.923. The molecule has 0 aromatic rings. The smallest absolute Gasteiger partial charge is 0.235 e. The summed E-state index contributed by atoms with van der Waals surface area (Å²) in [4.78, 5) is 13.9. The van der Waals surface area contributed by atoms with Crippen LogP contribution in [0.15, 0.2) is 0 Å². The maximum Gasteiger partial charge on any atom is 0.235 e. The zero-order valence-corrected chi connectivity index (χ0v) is 12.5. The Morgan fingerprint density at radius 1 is 1.39 bits per heavy atom. The molecule has 3 atom stereocenters. The zero-order valence-electron chi connectivity index (χ0n) is 11.7. The van der Waals surface area contributed by atoms with Crippen LogP contribution < -0.4 is 0 Å². The Morgan fingerprint density at radius 3 is 2.67 bits per heavy atom. The van der Waals surface area contributed by atoms with Crippen molar-refractivity contribution in [3.05, 3.63) is 0 Å². The lowest BCUT2D eigenvalue weighted by Crippen LogP contribution is -2.44. The van der Waals surface area contributed by atoms with Crippen LogP contribution in [0.2, 0.25) is 0 Å². The summed E-state index contributed by atoms with van der Waals surface area (Å²) in [5, 5.41) is 0. The third kappa shape index (κ3) is 4.69. The number of hydrogen-bond donors (Lipinski definition) is 0. The third-order valence-corrected chi connectivity index (χ3v) is 4.95. The van der Waals surface area contributed by atoms with Crippen LogP contribution in [0.4, 0.5) is 0 Å². The maximum atomic E-state index is 12.1. The Morgan fingerprint density at radius 2 is 2.06 bits per heavy atom. The lowest BCUT2D eigenvalue weighted by Gasteiger charge is -2.36. The quantitative estimate of drug-likeness (QED) is 0.736. The SMILES string of the molecule is COCC[S@](=O)CC(=O)N(C)[C@H]1CCCC[C@H]1C. The zero-order chi connectivity index (χ0) is 13.5. The summed E-state index contributed by atoms with van der Waals surface area (Å²) in [6.45, 7) is 2.65. The summed E-state index contributed by atoms with van der Waals surface area (Å²) >= 11 is 0. The van der Waals surface area contributed by atoms with Gasteiger partial charge in [-0.2, -0.15) is 0 Å². The minimum absolute atomic E-state index is 0.00295. The van der Waals surface area contributed by atoms with Crippen LogP contribution in [0.3, 0.4) is 0 Å². The molecule has 0 spiro atoms. The monoisotopic (exact) mass is 275 g/mol. The molecule has 1 fully saturated rings. The standard InChI is InChI=1S/C13H25NO3S/c1-11-6-4-5-7-12(11)14(2)13(15)10-18(16)9-8-17-3/h11-12H,4-10H2,1-3H3/t11-,12+,18+/m1/s1. The van der Waals surface area contributed by atoms with Crippen LogP contribution in [-0.2, 0) is 20.3 Å². The molecule has 5 heteroatoms. The molecule has 0 radical (unpaired) electrons. The van der Waals surface area contributed by atoms with Gasteiger partial charge in [-0.15, -0.1) is 0 Å². The lowest BCUT2D eigenvalue weighted by atomic mass is 9.85. The summed E-state index contributed by atoms with van der Waals surface area (Å²) in [6, 6.07) is 0.325. The number of carbonyl (C=O) groups excluding carboxylic acids is 1. The molecule has 18 heavy (non-hydrogen) atoms. The average molecular weight is 275 g/mol. The van der Waals surface area contributed by atoms with E-state index in [1.165, 1.54) is 19.3 Å². The normalized spacial score (nSPS) is 25.7. The van der Waals surface area contributed by atoms with Crippen molar-refractivity contribution >= 4 is 16.7 Å². The molecule has 1 aliphatic rings. The first-order chi connectivity index (χ1) is 8.56. The molecule has 0 N–H and O–H groups in total. The second-order valence-corrected chi connectivity index (χ2v) is 6.69. The molecule has 0 aromatic heterocycles. The second-order valence-electron chi connectivity index (χ2n) is 5.11. The second kappa shape index (κ2) is 7.89. The van der Waals surface area contributed by atoms with Gasteiger partial charge in [-0.05, 0) is 18.8 Å². The molecular formula is C13H25NO3S. The maximum absolute atomic E-state index is 12.1. The van der Waals surface area contributed by atoms with Gasteiger partial charge in [-0.3, -0.25) is 9.00 Å². The molecular weight excluding hydrogens is 250 g/mol. The third-order valence-electron chi connectivity index (χ3n) is 3.76. The van der Waals surface area contributed by atoms with Crippen molar-refractivity contribution in [3.8, 4) is 0 Å². The Kier molecular flexibility index (Phi) is 6.86. The molecule has 0 aliphatic heterocycles. The highest BCUT2D eigenvalue weighted by atomic mass is 32.2. The number of hydrogen-bond acceptors (Lipinski definition) is 3. The van der Waals surface area contributed by atoms with E-state index < -0.39 is 10.8 Å². The van der Waals surface area contributed by atoms with Crippen LogP contribution >= 0.6 is 0 Å². The van der Waals surface area contributed by atoms with Crippen LogP contribution in [0.1, 0.15) is 32.6 Å². The van der Waals surface area contributed by atoms with Crippen LogP contribution in [0, 0.1) is 5.92 Å². The number of rotatable bonds is 6. The molecule has 4 nitrogen and oxygen atoms in total. The fourth-order valence-corrected chi connectivity index (χ4v) is 3.52. The Hall–Kier alpha value is -0.420.